The van der Waals surface area contributed by atoms with Crippen molar-refractivity contribution < 1.29 is 9.13 Å². The third-order valence-corrected chi connectivity index (χ3v) is 2.75. The van der Waals surface area contributed by atoms with E-state index in [9.17, 15) is 4.39 Å². The van der Waals surface area contributed by atoms with Crippen molar-refractivity contribution in [2.24, 2.45) is 5.73 Å². The first-order chi connectivity index (χ1) is 8.19. The first-order valence-corrected chi connectivity index (χ1v) is 5.77. The summed E-state index contributed by atoms with van der Waals surface area (Å²) in [5.74, 6) is 0.407. The Balaban J connectivity index is 2.27. The second-order valence-electron chi connectivity index (χ2n) is 3.35. The molecule has 0 aliphatic rings. The molecule has 0 saturated heterocycles. The lowest BCUT2D eigenvalue weighted by Crippen LogP contribution is -2.00. The van der Waals surface area contributed by atoms with Gasteiger partial charge >= 0.3 is 0 Å². The van der Waals surface area contributed by atoms with E-state index in [4.69, 9.17) is 10.5 Å². The summed E-state index contributed by atoms with van der Waals surface area (Å²) in [5.41, 5.74) is 6.20. The summed E-state index contributed by atoms with van der Waals surface area (Å²) < 4.78 is 19.2. The molecule has 0 spiro atoms. The van der Waals surface area contributed by atoms with Gasteiger partial charge in [0, 0.05) is 18.7 Å². The van der Waals surface area contributed by atoms with E-state index in [1.807, 2.05) is 0 Å². The lowest BCUT2D eigenvalue weighted by atomic mass is 10.3. The van der Waals surface area contributed by atoms with Gasteiger partial charge in [-0.1, -0.05) is 6.07 Å². The molecule has 3 nitrogen and oxygen atoms in total. The number of nitrogens with zero attached hydrogens (tertiary/aromatic N) is 1. The molecule has 0 aliphatic heterocycles. The van der Waals surface area contributed by atoms with Crippen LogP contribution >= 0.6 is 15.9 Å². The van der Waals surface area contributed by atoms with Crippen molar-refractivity contribution >= 4 is 15.9 Å². The Morgan fingerprint density at radius 3 is 2.88 bits per heavy atom. The molecule has 5 heteroatoms. The van der Waals surface area contributed by atoms with Crippen molar-refractivity contribution in [2.45, 2.75) is 6.54 Å². The van der Waals surface area contributed by atoms with E-state index in [1.54, 1.807) is 24.3 Å². The van der Waals surface area contributed by atoms with Gasteiger partial charge in [-0.05, 0) is 34.1 Å². The lowest BCUT2D eigenvalue weighted by molar-refractivity contribution is 0.453. The van der Waals surface area contributed by atoms with Gasteiger partial charge in [0.15, 0.2) is 0 Å². The minimum Gasteiger partial charge on any atom is -0.438 e. The molecule has 1 heterocycles. The molecule has 0 unspecified atom stereocenters. The normalized spacial score (nSPS) is 10.3. The van der Waals surface area contributed by atoms with Gasteiger partial charge in [0.05, 0.1) is 10.2 Å². The maximum absolute atomic E-state index is 13.1. The Hall–Kier alpha value is -1.46. The van der Waals surface area contributed by atoms with Crippen LogP contribution in [0.4, 0.5) is 4.39 Å². The molecule has 17 heavy (non-hydrogen) atoms. The molecule has 0 amide bonds. The molecule has 0 saturated carbocycles. The molecule has 0 aliphatic carbocycles. The van der Waals surface area contributed by atoms with E-state index in [-0.39, 0.29) is 5.82 Å². The minimum absolute atomic E-state index is 0.335. The highest BCUT2D eigenvalue weighted by Crippen LogP contribution is 2.29. The Labute approximate surface area is 107 Å². The zero-order chi connectivity index (χ0) is 12.3. The summed E-state index contributed by atoms with van der Waals surface area (Å²) in [7, 11) is 0. The number of ether oxygens (including phenoxy) is 1. The Bertz CT molecular complexity index is 534. The summed E-state index contributed by atoms with van der Waals surface area (Å²) >= 11 is 3.28. The molecular weight excluding hydrogens is 287 g/mol. The monoisotopic (exact) mass is 296 g/mol. The number of rotatable bonds is 3. The molecule has 0 fully saturated rings. The maximum atomic E-state index is 13.1. The summed E-state index contributed by atoms with van der Waals surface area (Å²) in [4.78, 5) is 4.17. The first kappa shape index (κ1) is 12.0. The number of benzene rings is 1. The molecule has 2 aromatic rings. The van der Waals surface area contributed by atoms with Crippen LogP contribution in [0.2, 0.25) is 0 Å². The highest BCUT2D eigenvalue weighted by molar-refractivity contribution is 9.10. The van der Waals surface area contributed by atoms with Gasteiger partial charge in [-0.15, -0.1) is 0 Å². The third-order valence-electron chi connectivity index (χ3n) is 2.10. The van der Waals surface area contributed by atoms with Crippen molar-refractivity contribution in [3.63, 3.8) is 0 Å². The van der Waals surface area contributed by atoms with Gasteiger partial charge in [0.1, 0.15) is 11.6 Å². The van der Waals surface area contributed by atoms with E-state index < -0.39 is 0 Å². The molecule has 0 bridgehead atoms. The van der Waals surface area contributed by atoms with Gasteiger partial charge in [-0.2, -0.15) is 0 Å². The molecule has 2 rings (SSSR count). The maximum Gasteiger partial charge on any atom is 0.219 e. The van der Waals surface area contributed by atoms with E-state index in [1.165, 1.54) is 12.1 Å². The van der Waals surface area contributed by atoms with Crippen LogP contribution < -0.4 is 10.5 Å². The van der Waals surface area contributed by atoms with E-state index in [2.05, 4.69) is 20.9 Å². The number of halogens is 2. The summed E-state index contributed by atoms with van der Waals surface area (Å²) in [6.07, 6.45) is 0. The number of aromatic nitrogens is 1. The predicted molar refractivity (Wildman–Crippen MR) is 66.3 cm³/mol. The predicted octanol–water partition coefficient (Wildman–Crippen LogP) is 3.23. The topological polar surface area (TPSA) is 48.1 Å². The van der Waals surface area contributed by atoms with Crippen molar-refractivity contribution in [1.82, 2.24) is 4.98 Å². The van der Waals surface area contributed by atoms with Crippen LogP contribution in [-0.2, 0) is 6.54 Å². The van der Waals surface area contributed by atoms with Gasteiger partial charge in [-0.3, -0.25) is 0 Å². The van der Waals surface area contributed by atoms with Gasteiger partial charge in [0.25, 0.3) is 0 Å². The van der Waals surface area contributed by atoms with E-state index in [0.29, 0.717) is 22.6 Å². The second-order valence-corrected chi connectivity index (χ2v) is 4.20. The molecule has 0 radical (unpaired) electrons. The number of pyridine rings is 1. The van der Waals surface area contributed by atoms with Crippen molar-refractivity contribution in [2.75, 3.05) is 0 Å². The smallest absolute Gasteiger partial charge is 0.219 e. The fraction of sp³-hybridized carbons (Fsp3) is 0.0833. The fourth-order valence-electron chi connectivity index (χ4n) is 1.30. The molecule has 1 aromatic carbocycles. The zero-order valence-corrected chi connectivity index (χ0v) is 10.4. The third kappa shape index (κ3) is 3.01. The Kier molecular flexibility index (Phi) is 3.71. The highest BCUT2D eigenvalue weighted by atomic mass is 79.9. The fourth-order valence-corrected chi connectivity index (χ4v) is 1.62. The SMILES string of the molecule is NCc1cccc(Oc2cc(F)ccc2Br)n1. The molecule has 88 valence electrons. The van der Waals surface area contributed by atoms with Crippen LogP contribution in [0.5, 0.6) is 11.6 Å². The minimum atomic E-state index is -0.363. The average molecular weight is 297 g/mol. The molecule has 1 aromatic heterocycles. The largest absolute Gasteiger partial charge is 0.438 e. The van der Waals surface area contributed by atoms with Crippen LogP contribution in [0.15, 0.2) is 40.9 Å². The van der Waals surface area contributed by atoms with Gasteiger partial charge < -0.3 is 10.5 Å². The quantitative estimate of drug-likeness (QED) is 0.946. The molecule has 2 N–H and O–H groups in total. The summed E-state index contributed by atoms with van der Waals surface area (Å²) in [5, 5.41) is 0. The van der Waals surface area contributed by atoms with E-state index in [0.717, 1.165) is 5.69 Å². The summed E-state index contributed by atoms with van der Waals surface area (Å²) in [6.45, 7) is 0.335. The van der Waals surface area contributed by atoms with Crippen LogP contribution in [0.3, 0.4) is 0 Å². The highest BCUT2D eigenvalue weighted by Gasteiger charge is 2.05. The second kappa shape index (κ2) is 5.25. The van der Waals surface area contributed by atoms with Crippen LogP contribution in [0, 0.1) is 5.82 Å². The summed E-state index contributed by atoms with van der Waals surface area (Å²) in [6, 6.07) is 9.50. The Morgan fingerprint density at radius 1 is 1.29 bits per heavy atom. The van der Waals surface area contributed by atoms with Crippen molar-refractivity contribution in [1.29, 1.82) is 0 Å². The number of nitrogens with two attached hydrogens (primary N) is 1. The number of hydrogen-bond acceptors (Lipinski definition) is 3. The van der Waals surface area contributed by atoms with Crippen LogP contribution in [0.1, 0.15) is 5.69 Å². The molecule has 0 atom stereocenters. The Morgan fingerprint density at radius 2 is 2.12 bits per heavy atom. The van der Waals surface area contributed by atoms with Crippen LogP contribution in [0.25, 0.3) is 0 Å². The van der Waals surface area contributed by atoms with E-state index >= 15 is 0 Å². The van der Waals surface area contributed by atoms with Crippen LogP contribution in [-0.4, -0.2) is 4.98 Å². The van der Waals surface area contributed by atoms with Gasteiger partial charge in [-0.25, -0.2) is 9.37 Å². The van der Waals surface area contributed by atoms with Crippen molar-refractivity contribution in [3.05, 3.63) is 52.4 Å². The standard InChI is InChI=1S/C12H10BrFN2O/c13-10-5-4-8(14)6-11(10)17-12-3-1-2-9(7-15)16-12/h1-6H,7,15H2. The van der Waals surface area contributed by atoms with Crippen molar-refractivity contribution in [3.8, 4) is 11.6 Å². The zero-order valence-electron chi connectivity index (χ0n) is 8.86. The lowest BCUT2D eigenvalue weighted by Gasteiger charge is -2.07. The van der Waals surface area contributed by atoms with Gasteiger partial charge in [0.2, 0.25) is 5.88 Å². The molecular formula is C12H10BrFN2O. The average Bonchev–Trinajstić information content (AvgIpc) is 2.34. The number of hydrogen-bond donors (Lipinski definition) is 1. The first-order valence-electron chi connectivity index (χ1n) is 4.98.